The van der Waals surface area contributed by atoms with Gasteiger partial charge in [-0.25, -0.2) is 9.78 Å². The van der Waals surface area contributed by atoms with Crippen LogP contribution in [0, 0.1) is 0 Å². The Kier molecular flexibility index (Phi) is 3.63. The van der Waals surface area contributed by atoms with E-state index in [1.165, 1.54) is 11.1 Å². The van der Waals surface area contributed by atoms with Crippen LogP contribution in [0.2, 0.25) is 0 Å². The second-order valence-electron chi connectivity index (χ2n) is 5.48. The van der Waals surface area contributed by atoms with Crippen LogP contribution in [0.5, 0.6) is 0 Å². The highest BCUT2D eigenvalue weighted by molar-refractivity contribution is 7.17. The number of carbonyl (C=O) groups is 1. The minimum Gasteiger partial charge on any atom is -0.475 e. The van der Waals surface area contributed by atoms with Crippen LogP contribution in [0.4, 0.5) is 0 Å². The van der Waals surface area contributed by atoms with Gasteiger partial charge in [0, 0.05) is 17.0 Å². The van der Waals surface area contributed by atoms with Gasteiger partial charge in [0.15, 0.2) is 0 Å². The molecule has 0 saturated heterocycles. The molecule has 0 atom stereocenters. The molecule has 0 unspecified atom stereocenters. The fraction of sp³-hybridized carbons (Fsp3) is 0.0526. The summed E-state index contributed by atoms with van der Waals surface area (Å²) in [5, 5.41) is 9.27. The van der Waals surface area contributed by atoms with E-state index >= 15 is 0 Å². The van der Waals surface area contributed by atoms with E-state index in [0.717, 1.165) is 9.71 Å². The summed E-state index contributed by atoms with van der Waals surface area (Å²) in [5.74, 6) is -0.901. The average Bonchev–Trinajstić information content (AvgIpc) is 3.17. The lowest BCUT2D eigenvalue weighted by Gasteiger charge is -2.16. The van der Waals surface area contributed by atoms with Gasteiger partial charge in [0.25, 0.3) is 0 Å². The largest absolute Gasteiger partial charge is 0.475 e. The Hall–Kier alpha value is -2.92. The maximum absolute atomic E-state index is 11.3. The van der Waals surface area contributed by atoms with Crippen molar-refractivity contribution < 1.29 is 9.90 Å². The highest BCUT2D eigenvalue weighted by atomic mass is 32.1. The number of hydrogen-bond donors (Lipinski definition) is 1. The SMILES string of the molecule is O=C(O)c1ncc2sc(C(c3ccccc3)c3ccccc3)cn12. The van der Waals surface area contributed by atoms with Gasteiger partial charge in [-0.2, -0.15) is 0 Å². The Morgan fingerprint density at radius 1 is 1.00 bits per heavy atom. The lowest BCUT2D eigenvalue weighted by molar-refractivity contribution is 0.0683. The van der Waals surface area contributed by atoms with Crippen LogP contribution in [0.1, 0.15) is 32.5 Å². The predicted molar refractivity (Wildman–Crippen MR) is 93.9 cm³/mol. The van der Waals surface area contributed by atoms with Gasteiger partial charge in [0.2, 0.25) is 5.82 Å². The van der Waals surface area contributed by atoms with Gasteiger partial charge < -0.3 is 5.11 Å². The molecular weight excluding hydrogens is 320 g/mol. The molecule has 5 heteroatoms. The van der Waals surface area contributed by atoms with Gasteiger partial charge in [-0.05, 0) is 11.1 Å². The average molecular weight is 334 g/mol. The molecule has 4 rings (SSSR count). The third-order valence-electron chi connectivity index (χ3n) is 3.98. The number of rotatable bonds is 4. The van der Waals surface area contributed by atoms with E-state index in [1.54, 1.807) is 21.9 Å². The molecule has 2 aromatic carbocycles. The first-order chi connectivity index (χ1) is 11.7. The summed E-state index contributed by atoms with van der Waals surface area (Å²) in [6, 6.07) is 20.5. The lowest BCUT2D eigenvalue weighted by Crippen LogP contribution is -2.04. The van der Waals surface area contributed by atoms with Crippen molar-refractivity contribution in [3.8, 4) is 0 Å². The first kappa shape index (κ1) is 14.7. The molecule has 0 spiro atoms. The number of carboxylic acids is 1. The summed E-state index contributed by atoms with van der Waals surface area (Å²) >= 11 is 1.57. The van der Waals surface area contributed by atoms with Gasteiger partial charge in [0.1, 0.15) is 4.83 Å². The zero-order valence-corrected chi connectivity index (χ0v) is 13.5. The first-order valence-corrected chi connectivity index (χ1v) is 8.35. The van der Waals surface area contributed by atoms with E-state index in [-0.39, 0.29) is 11.7 Å². The maximum atomic E-state index is 11.3. The number of hydrogen-bond acceptors (Lipinski definition) is 3. The minimum absolute atomic E-state index is 0.0485. The van der Waals surface area contributed by atoms with Crippen molar-refractivity contribution in [3.63, 3.8) is 0 Å². The molecule has 0 amide bonds. The highest BCUT2D eigenvalue weighted by Gasteiger charge is 2.21. The number of benzene rings is 2. The van der Waals surface area contributed by atoms with E-state index < -0.39 is 5.97 Å². The third-order valence-corrected chi connectivity index (χ3v) is 5.07. The minimum atomic E-state index is -1.02. The van der Waals surface area contributed by atoms with Crippen molar-refractivity contribution >= 4 is 22.1 Å². The zero-order valence-electron chi connectivity index (χ0n) is 12.7. The molecule has 0 fully saturated rings. The van der Waals surface area contributed by atoms with Gasteiger partial charge in [-0.3, -0.25) is 4.40 Å². The van der Waals surface area contributed by atoms with Crippen LogP contribution in [0.15, 0.2) is 73.1 Å². The number of imidazole rings is 1. The Labute approximate surface area is 142 Å². The van der Waals surface area contributed by atoms with Crippen molar-refractivity contribution in [2.24, 2.45) is 0 Å². The number of nitrogens with zero attached hydrogens (tertiary/aromatic N) is 2. The molecule has 118 valence electrons. The molecule has 0 radical (unpaired) electrons. The molecule has 1 N–H and O–H groups in total. The van der Waals surface area contributed by atoms with Crippen LogP contribution in [-0.2, 0) is 0 Å². The molecule has 2 aromatic heterocycles. The zero-order chi connectivity index (χ0) is 16.5. The number of carboxylic acid groups (broad SMARTS) is 1. The molecule has 0 aliphatic heterocycles. The molecule has 24 heavy (non-hydrogen) atoms. The smallest absolute Gasteiger partial charge is 0.372 e. The van der Waals surface area contributed by atoms with Crippen molar-refractivity contribution in [1.29, 1.82) is 0 Å². The summed E-state index contributed by atoms with van der Waals surface area (Å²) in [6.07, 6.45) is 3.51. The second-order valence-corrected chi connectivity index (χ2v) is 6.58. The maximum Gasteiger partial charge on any atom is 0.372 e. The third kappa shape index (κ3) is 2.49. The monoisotopic (exact) mass is 334 g/mol. The van der Waals surface area contributed by atoms with Gasteiger partial charge in [-0.15, -0.1) is 11.3 Å². The quantitative estimate of drug-likeness (QED) is 0.606. The van der Waals surface area contributed by atoms with E-state index in [0.29, 0.717) is 0 Å². The van der Waals surface area contributed by atoms with Crippen LogP contribution in [0.25, 0.3) is 4.83 Å². The molecule has 4 nitrogen and oxygen atoms in total. The number of aromatic carboxylic acids is 1. The normalized spacial score (nSPS) is 11.2. The fourth-order valence-electron chi connectivity index (χ4n) is 2.92. The fourth-order valence-corrected chi connectivity index (χ4v) is 4.06. The summed E-state index contributed by atoms with van der Waals surface area (Å²) < 4.78 is 1.65. The predicted octanol–water partition coefficient (Wildman–Crippen LogP) is 4.27. The Morgan fingerprint density at radius 2 is 1.58 bits per heavy atom. The first-order valence-electron chi connectivity index (χ1n) is 7.54. The van der Waals surface area contributed by atoms with Crippen molar-refractivity contribution in [2.45, 2.75) is 5.92 Å². The number of thiazole rings is 1. The van der Waals surface area contributed by atoms with E-state index in [9.17, 15) is 9.90 Å². The van der Waals surface area contributed by atoms with Crippen molar-refractivity contribution in [1.82, 2.24) is 9.38 Å². The highest BCUT2D eigenvalue weighted by Crippen LogP contribution is 2.36. The molecular formula is C19H14N2O2S. The van der Waals surface area contributed by atoms with E-state index in [1.807, 2.05) is 42.6 Å². The summed E-state index contributed by atoms with van der Waals surface area (Å²) in [7, 11) is 0. The standard InChI is InChI=1S/C19H14N2O2S/c22-19(23)18-20-11-16-21(18)12-15(24-16)17(13-7-3-1-4-8-13)14-9-5-2-6-10-14/h1-12,17H,(H,22,23). The molecule has 0 aliphatic rings. The van der Waals surface area contributed by atoms with Gasteiger partial charge in [-0.1, -0.05) is 60.7 Å². The van der Waals surface area contributed by atoms with Crippen molar-refractivity contribution in [3.05, 3.63) is 94.9 Å². The summed E-state index contributed by atoms with van der Waals surface area (Å²) in [6.45, 7) is 0. The Balaban J connectivity index is 1.89. The Bertz CT molecular complexity index is 951. The van der Waals surface area contributed by atoms with Crippen LogP contribution < -0.4 is 0 Å². The van der Waals surface area contributed by atoms with Crippen molar-refractivity contribution in [2.75, 3.05) is 0 Å². The summed E-state index contributed by atoms with van der Waals surface area (Å²) in [4.78, 5) is 17.2. The molecule has 0 saturated carbocycles. The molecule has 0 bridgehead atoms. The van der Waals surface area contributed by atoms with E-state index in [2.05, 4.69) is 29.2 Å². The van der Waals surface area contributed by atoms with Crippen LogP contribution in [-0.4, -0.2) is 20.5 Å². The molecule has 4 aromatic rings. The second kappa shape index (κ2) is 5.94. The van der Waals surface area contributed by atoms with E-state index in [4.69, 9.17) is 0 Å². The number of aromatic nitrogens is 2. The van der Waals surface area contributed by atoms with Crippen LogP contribution >= 0.6 is 11.3 Å². The lowest BCUT2D eigenvalue weighted by atomic mass is 9.90. The Morgan fingerprint density at radius 3 is 2.12 bits per heavy atom. The molecule has 0 aliphatic carbocycles. The number of fused-ring (bicyclic) bond motifs is 1. The molecule has 2 heterocycles. The topological polar surface area (TPSA) is 54.6 Å². The van der Waals surface area contributed by atoms with Crippen LogP contribution in [0.3, 0.4) is 0 Å². The van der Waals surface area contributed by atoms with Gasteiger partial charge in [0.05, 0.1) is 6.20 Å². The summed E-state index contributed by atoms with van der Waals surface area (Å²) in [5.41, 5.74) is 2.36. The van der Waals surface area contributed by atoms with Gasteiger partial charge >= 0.3 is 5.97 Å².